The van der Waals surface area contributed by atoms with Crippen molar-refractivity contribution >= 4 is 28.4 Å². The molecule has 0 aliphatic rings. The van der Waals surface area contributed by atoms with Crippen molar-refractivity contribution in [2.75, 3.05) is 31.0 Å². The van der Waals surface area contributed by atoms with Gasteiger partial charge >= 0.3 is 0 Å². The van der Waals surface area contributed by atoms with Crippen LogP contribution < -0.4 is 26.3 Å². The molecule has 7 nitrogen and oxygen atoms in total. The molecule has 0 saturated heterocycles. The lowest BCUT2D eigenvalue weighted by atomic mass is 10.1. The molecule has 0 saturated carbocycles. The molecule has 7 heteroatoms. The molecular weight excluding hydrogens is 306 g/mol. The van der Waals surface area contributed by atoms with E-state index in [0.717, 1.165) is 33.7 Å². The van der Waals surface area contributed by atoms with Crippen molar-refractivity contribution in [1.82, 2.24) is 9.97 Å². The minimum Gasteiger partial charge on any atom is -0.497 e. The zero-order chi connectivity index (χ0) is 17.1. The average molecular weight is 325 g/mol. The molecule has 0 spiro atoms. The second-order valence-electron chi connectivity index (χ2n) is 5.20. The zero-order valence-corrected chi connectivity index (χ0v) is 13.5. The highest BCUT2D eigenvalue weighted by atomic mass is 16.5. The molecule has 5 N–H and O–H groups in total. The van der Waals surface area contributed by atoms with E-state index in [0.29, 0.717) is 12.4 Å². The first-order chi connectivity index (χ1) is 11.6. The fraction of sp³-hybridized carbons (Fsp3) is 0.176. The van der Waals surface area contributed by atoms with E-state index in [1.807, 2.05) is 36.4 Å². The Morgan fingerprint density at radius 2 is 1.88 bits per heavy atom. The van der Waals surface area contributed by atoms with Gasteiger partial charge in [-0.05, 0) is 23.8 Å². The number of methoxy groups -OCH3 is 2. The number of benzene rings is 2. The molecule has 24 heavy (non-hydrogen) atoms. The van der Waals surface area contributed by atoms with Crippen molar-refractivity contribution in [3.8, 4) is 11.5 Å². The number of hydrogen-bond acceptors (Lipinski definition) is 7. The number of fused-ring (bicyclic) bond motifs is 1. The van der Waals surface area contributed by atoms with Gasteiger partial charge in [-0.3, -0.25) is 0 Å². The molecule has 0 amide bonds. The largest absolute Gasteiger partial charge is 0.497 e. The van der Waals surface area contributed by atoms with Crippen molar-refractivity contribution in [2.45, 2.75) is 6.54 Å². The van der Waals surface area contributed by atoms with Gasteiger partial charge in [-0.15, -0.1) is 0 Å². The smallest absolute Gasteiger partial charge is 0.222 e. The van der Waals surface area contributed by atoms with Crippen LogP contribution in [-0.2, 0) is 6.54 Å². The van der Waals surface area contributed by atoms with Gasteiger partial charge in [-0.2, -0.15) is 4.98 Å². The van der Waals surface area contributed by atoms with Gasteiger partial charge in [0.05, 0.1) is 25.4 Å². The molecule has 0 unspecified atom stereocenters. The van der Waals surface area contributed by atoms with Gasteiger partial charge in [0.1, 0.15) is 17.3 Å². The molecule has 124 valence electrons. The second-order valence-corrected chi connectivity index (χ2v) is 5.20. The van der Waals surface area contributed by atoms with Crippen LogP contribution >= 0.6 is 0 Å². The molecule has 1 aromatic heterocycles. The average Bonchev–Trinajstić information content (AvgIpc) is 2.59. The zero-order valence-electron chi connectivity index (χ0n) is 13.5. The van der Waals surface area contributed by atoms with Crippen molar-refractivity contribution in [1.29, 1.82) is 0 Å². The number of rotatable bonds is 5. The number of ether oxygens (including phenoxy) is 2. The van der Waals surface area contributed by atoms with E-state index in [-0.39, 0.29) is 5.95 Å². The molecular formula is C17H19N5O2. The van der Waals surface area contributed by atoms with Gasteiger partial charge in [0.15, 0.2) is 0 Å². The maximum Gasteiger partial charge on any atom is 0.222 e. The van der Waals surface area contributed by atoms with Crippen molar-refractivity contribution in [2.24, 2.45) is 0 Å². The molecule has 0 atom stereocenters. The summed E-state index contributed by atoms with van der Waals surface area (Å²) in [6, 6.07) is 11.3. The number of nitrogens with one attached hydrogen (secondary N) is 1. The monoisotopic (exact) mass is 325 g/mol. The van der Waals surface area contributed by atoms with E-state index in [2.05, 4.69) is 15.3 Å². The third-order valence-electron chi connectivity index (χ3n) is 3.73. The fourth-order valence-electron chi connectivity index (χ4n) is 2.59. The summed E-state index contributed by atoms with van der Waals surface area (Å²) in [5.41, 5.74) is 14.2. The molecule has 0 bridgehead atoms. The highest BCUT2D eigenvalue weighted by Crippen LogP contribution is 2.30. The maximum absolute atomic E-state index is 6.02. The Labute approximate surface area is 139 Å². The predicted molar refractivity (Wildman–Crippen MR) is 95.2 cm³/mol. The Morgan fingerprint density at radius 3 is 2.62 bits per heavy atom. The van der Waals surface area contributed by atoms with Crippen LogP contribution in [0.25, 0.3) is 10.9 Å². The molecule has 3 rings (SSSR count). The topological polar surface area (TPSA) is 108 Å². The summed E-state index contributed by atoms with van der Waals surface area (Å²) in [7, 11) is 3.25. The Morgan fingerprint density at radius 1 is 1.04 bits per heavy atom. The number of aromatic nitrogens is 2. The maximum atomic E-state index is 6.02. The summed E-state index contributed by atoms with van der Waals surface area (Å²) in [4.78, 5) is 8.28. The van der Waals surface area contributed by atoms with Gasteiger partial charge in [-0.1, -0.05) is 12.1 Å². The summed E-state index contributed by atoms with van der Waals surface area (Å²) in [6.45, 7) is 0.526. The van der Waals surface area contributed by atoms with Gasteiger partial charge in [0.2, 0.25) is 5.95 Å². The summed E-state index contributed by atoms with van der Waals surface area (Å²) in [6.07, 6.45) is 0. The number of nitrogen functional groups attached to an aromatic ring is 2. The first-order valence-electron chi connectivity index (χ1n) is 7.39. The van der Waals surface area contributed by atoms with Crippen molar-refractivity contribution in [3.05, 3.63) is 42.0 Å². The molecule has 0 aliphatic heterocycles. The van der Waals surface area contributed by atoms with E-state index in [4.69, 9.17) is 20.9 Å². The second kappa shape index (κ2) is 6.49. The first-order valence-corrected chi connectivity index (χ1v) is 7.39. The van der Waals surface area contributed by atoms with Crippen LogP contribution in [0.2, 0.25) is 0 Å². The van der Waals surface area contributed by atoms with E-state index in [1.165, 1.54) is 0 Å². The lowest BCUT2D eigenvalue weighted by molar-refractivity contribution is 0.404. The number of nitrogens with zero attached hydrogens (tertiary/aromatic N) is 2. The summed E-state index contributed by atoms with van der Waals surface area (Å²) in [5, 5.41) is 4.13. The van der Waals surface area contributed by atoms with Gasteiger partial charge in [0.25, 0.3) is 0 Å². The Bertz CT molecular complexity index is 882. The van der Waals surface area contributed by atoms with Crippen molar-refractivity contribution in [3.63, 3.8) is 0 Å². The third kappa shape index (κ3) is 2.96. The fourth-order valence-corrected chi connectivity index (χ4v) is 2.59. The van der Waals surface area contributed by atoms with Crippen LogP contribution in [0.5, 0.6) is 11.5 Å². The SMILES string of the molecule is COc1ccc(OC)c(NCc2cccc3nc(N)nc(N)c23)c1. The summed E-state index contributed by atoms with van der Waals surface area (Å²) >= 11 is 0. The lowest BCUT2D eigenvalue weighted by Gasteiger charge is -2.14. The first kappa shape index (κ1) is 15.7. The molecule has 3 aromatic rings. The highest BCUT2D eigenvalue weighted by Gasteiger charge is 2.10. The minimum absolute atomic E-state index is 0.166. The molecule has 0 radical (unpaired) electrons. The summed E-state index contributed by atoms with van der Waals surface area (Å²) in [5.74, 6) is 2.00. The number of nitrogens with two attached hydrogens (primary N) is 2. The summed E-state index contributed by atoms with van der Waals surface area (Å²) < 4.78 is 10.6. The van der Waals surface area contributed by atoms with Crippen LogP contribution in [0.15, 0.2) is 36.4 Å². The molecule has 0 aliphatic carbocycles. The molecule has 2 aromatic carbocycles. The van der Waals surface area contributed by atoms with Gasteiger partial charge in [-0.25, -0.2) is 4.98 Å². The Hall–Kier alpha value is -3.22. The standard InChI is InChI=1S/C17H19N5O2/c1-23-11-6-7-14(24-2)13(8-11)20-9-10-4-3-5-12-15(10)16(18)22-17(19)21-12/h3-8,20H,9H2,1-2H3,(H4,18,19,21,22). The van der Waals surface area contributed by atoms with Crippen LogP contribution in [-0.4, -0.2) is 24.2 Å². The normalized spacial score (nSPS) is 10.6. The highest BCUT2D eigenvalue weighted by molar-refractivity contribution is 5.92. The minimum atomic E-state index is 0.166. The predicted octanol–water partition coefficient (Wildman–Crippen LogP) is 2.42. The van der Waals surface area contributed by atoms with Crippen molar-refractivity contribution < 1.29 is 9.47 Å². The lowest BCUT2D eigenvalue weighted by Crippen LogP contribution is -2.06. The van der Waals surface area contributed by atoms with E-state index >= 15 is 0 Å². The van der Waals surface area contributed by atoms with Crippen LogP contribution in [0.4, 0.5) is 17.5 Å². The van der Waals surface area contributed by atoms with E-state index < -0.39 is 0 Å². The Kier molecular flexibility index (Phi) is 4.24. The number of anilines is 3. The van der Waals surface area contributed by atoms with E-state index in [1.54, 1.807) is 14.2 Å². The van der Waals surface area contributed by atoms with E-state index in [9.17, 15) is 0 Å². The van der Waals surface area contributed by atoms with Gasteiger partial charge in [0, 0.05) is 18.0 Å². The molecule has 0 fully saturated rings. The third-order valence-corrected chi connectivity index (χ3v) is 3.73. The van der Waals surface area contributed by atoms with Gasteiger partial charge < -0.3 is 26.3 Å². The number of hydrogen-bond donors (Lipinski definition) is 3. The van der Waals surface area contributed by atoms with Crippen LogP contribution in [0.3, 0.4) is 0 Å². The van der Waals surface area contributed by atoms with Crippen LogP contribution in [0.1, 0.15) is 5.56 Å². The quantitative estimate of drug-likeness (QED) is 0.661. The van der Waals surface area contributed by atoms with Crippen LogP contribution in [0, 0.1) is 0 Å². The molecule has 1 heterocycles. The Balaban J connectivity index is 1.94.